The van der Waals surface area contributed by atoms with Gasteiger partial charge in [-0.1, -0.05) is 37.3 Å². The van der Waals surface area contributed by atoms with Gasteiger partial charge < -0.3 is 15.2 Å². The predicted molar refractivity (Wildman–Crippen MR) is 76.1 cm³/mol. The fourth-order valence-electron chi connectivity index (χ4n) is 4.45. The van der Waals surface area contributed by atoms with Gasteiger partial charge in [-0.05, 0) is 5.56 Å². The summed E-state index contributed by atoms with van der Waals surface area (Å²) in [5.41, 5.74) is 3.62. The molecule has 4 rings (SSSR count). The number of aliphatic imine (C=N–C) groups is 1. The number of amidine groups is 1. The molecular weight excluding hydrogens is 280 g/mol. The zero-order chi connectivity index (χ0) is 15.6. The van der Waals surface area contributed by atoms with E-state index >= 15 is 0 Å². The second-order valence-corrected chi connectivity index (χ2v) is 5.99. The first-order valence-corrected chi connectivity index (χ1v) is 7.08. The minimum absolute atomic E-state index is 0.116. The van der Waals surface area contributed by atoms with E-state index in [4.69, 9.17) is 15.2 Å². The van der Waals surface area contributed by atoms with Gasteiger partial charge in [0.15, 0.2) is 10.8 Å². The maximum atomic E-state index is 10.0. The molecule has 3 atom stereocenters. The Bertz CT molecular complexity index is 772. The molecule has 3 aliphatic rings. The van der Waals surface area contributed by atoms with Crippen molar-refractivity contribution in [1.82, 2.24) is 0 Å². The number of rotatable bonds is 1. The number of hydrogen-bond acceptors (Lipinski definition) is 6. The highest BCUT2D eigenvalue weighted by molar-refractivity contribution is 6.02. The quantitative estimate of drug-likeness (QED) is 0.833. The van der Waals surface area contributed by atoms with E-state index in [0.717, 1.165) is 5.56 Å². The Morgan fingerprint density at radius 1 is 1.14 bits per heavy atom. The molecule has 2 heterocycles. The standard InChI is InChI=1S/C16H14N4O2/c1-13(11-5-3-2-4-6-11)14(9-17)12(19)20-16(15(13,14)10-18)21-7-8-22-16/h2-6H,7-8H2,1H3,(H2,19,20)/t13-,14-,15+/m0/s1. The van der Waals surface area contributed by atoms with Crippen LogP contribution in [0.25, 0.3) is 0 Å². The SMILES string of the molecule is C[C@]1(c2ccccc2)[C@]2(C#N)C(N)=NC3(OCCO3)[C@@]21C#N. The van der Waals surface area contributed by atoms with Crippen LogP contribution in [0.4, 0.5) is 0 Å². The summed E-state index contributed by atoms with van der Waals surface area (Å²) in [6.45, 7) is 2.52. The van der Waals surface area contributed by atoms with Crippen LogP contribution in [0.15, 0.2) is 35.3 Å². The molecule has 0 radical (unpaired) electrons. The van der Waals surface area contributed by atoms with Gasteiger partial charge in [0.1, 0.15) is 5.84 Å². The summed E-state index contributed by atoms with van der Waals surface area (Å²) in [6.07, 6.45) is 0. The number of nitrogens with two attached hydrogens (primary N) is 1. The first-order chi connectivity index (χ1) is 10.6. The highest BCUT2D eigenvalue weighted by atomic mass is 16.8. The Balaban J connectivity index is 2.03. The van der Waals surface area contributed by atoms with E-state index in [-0.39, 0.29) is 5.84 Å². The molecule has 22 heavy (non-hydrogen) atoms. The molecule has 2 N–H and O–H groups in total. The topological polar surface area (TPSA) is 104 Å². The number of ether oxygens (including phenoxy) is 2. The summed E-state index contributed by atoms with van der Waals surface area (Å²) >= 11 is 0. The molecule has 0 amide bonds. The van der Waals surface area contributed by atoms with E-state index in [9.17, 15) is 10.5 Å². The Hall–Kier alpha value is -2.41. The van der Waals surface area contributed by atoms with Gasteiger partial charge in [0.05, 0.1) is 25.4 Å². The van der Waals surface area contributed by atoms with Crippen LogP contribution in [0, 0.1) is 33.5 Å². The first-order valence-electron chi connectivity index (χ1n) is 7.08. The fraction of sp³-hybridized carbons (Fsp3) is 0.438. The van der Waals surface area contributed by atoms with Crippen molar-refractivity contribution in [2.24, 2.45) is 21.6 Å². The average molecular weight is 294 g/mol. The lowest BCUT2D eigenvalue weighted by atomic mass is 9.85. The number of hydrogen-bond donors (Lipinski definition) is 1. The number of benzene rings is 1. The lowest BCUT2D eigenvalue weighted by Gasteiger charge is -2.29. The van der Waals surface area contributed by atoms with Crippen LogP contribution in [0.1, 0.15) is 12.5 Å². The summed E-state index contributed by atoms with van der Waals surface area (Å²) in [5.74, 6) is -1.36. The van der Waals surface area contributed by atoms with Gasteiger partial charge >= 0.3 is 0 Å². The Kier molecular flexibility index (Phi) is 2.21. The van der Waals surface area contributed by atoms with Gasteiger partial charge in [-0.2, -0.15) is 10.5 Å². The largest absolute Gasteiger partial charge is 0.386 e. The van der Waals surface area contributed by atoms with Crippen LogP contribution >= 0.6 is 0 Å². The number of fused-ring (bicyclic) bond motifs is 2. The molecule has 1 aliphatic carbocycles. The van der Waals surface area contributed by atoms with Gasteiger partial charge in [-0.3, -0.25) is 0 Å². The first kappa shape index (κ1) is 13.3. The summed E-state index contributed by atoms with van der Waals surface area (Å²) in [5, 5.41) is 19.9. The van der Waals surface area contributed by atoms with Crippen LogP contribution in [0.5, 0.6) is 0 Å². The minimum Gasteiger partial charge on any atom is -0.386 e. The van der Waals surface area contributed by atoms with Crippen molar-refractivity contribution in [2.45, 2.75) is 18.2 Å². The molecule has 1 saturated heterocycles. The Morgan fingerprint density at radius 3 is 2.32 bits per heavy atom. The van der Waals surface area contributed by atoms with Crippen molar-refractivity contribution in [2.75, 3.05) is 13.2 Å². The van der Waals surface area contributed by atoms with E-state index in [0.29, 0.717) is 13.2 Å². The molecule has 6 heteroatoms. The second kappa shape index (κ2) is 3.67. The normalized spacial score (nSPS) is 40.6. The molecule has 1 aromatic rings. The predicted octanol–water partition coefficient (Wildman–Crippen LogP) is 1.05. The Morgan fingerprint density at radius 2 is 1.77 bits per heavy atom. The third-order valence-electron chi connectivity index (χ3n) is 5.49. The molecule has 0 unspecified atom stereocenters. The Labute approximate surface area is 127 Å². The summed E-state index contributed by atoms with van der Waals surface area (Å²) < 4.78 is 11.4. The van der Waals surface area contributed by atoms with Crippen molar-refractivity contribution in [3.63, 3.8) is 0 Å². The lowest BCUT2D eigenvalue weighted by molar-refractivity contribution is -0.187. The minimum atomic E-state index is -1.48. The van der Waals surface area contributed by atoms with Gasteiger partial charge in [-0.25, -0.2) is 4.99 Å². The van der Waals surface area contributed by atoms with E-state index in [1.54, 1.807) is 0 Å². The van der Waals surface area contributed by atoms with Crippen LogP contribution in [-0.4, -0.2) is 25.0 Å². The van der Waals surface area contributed by atoms with Crippen LogP contribution in [0.2, 0.25) is 0 Å². The van der Waals surface area contributed by atoms with Crippen LogP contribution in [-0.2, 0) is 14.9 Å². The zero-order valence-corrected chi connectivity index (χ0v) is 12.0. The smallest absolute Gasteiger partial charge is 0.293 e. The van der Waals surface area contributed by atoms with Crippen LogP contribution < -0.4 is 5.73 Å². The van der Waals surface area contributed by atoms with Gasteiger partial charge in [0.2, 0.25) is 0 Å². The van der Waals surface area contributed by atoms with Gasteiger partial charge in [0, 0.05) is 5.41 Å². The van der Waals surface area contributed by atoms with Crippen molar-refractivity contribution in [1.29, 1.82) is 10.5 Å². The summed E-state index contributed by atoms with van der Waals surface area (Å²) in [6, 6.07) is 14.0. The van der Waals surface area contributed by atoms with Gasteiger partial charge in [0.25, 0.3) is 5.91 Å². The van der Waals surface area contributed by atoms with E-state index in [2.05, 4.69) is 17.1 Å². The molecule has 0 bridgehead atoms. The van der Waals surface area contributed by atoms with E-state index < -0.39 is 22.2 Å². The summed E-state index contributed by atoms with van der Waals surface area (Å²) in [4.78, 5) is 4.26. The van der Waals surface area contributed by atoms with E-state index in [1.807, 2.05) is 37.3 Å². The highest BCUT2D eigenvalue weighted by Gasteiger charge is 3.00. The summed E-state index contributed by atoms with van der Waals surface area (Å²) in [7, 11) is 0. The van der Waals surface area contributed by atoms with Crippen molar-refractivity contribution < 1.29 is 9.47 Å². The maximum absolute atomic E-state index is 10.0. The molecule has 2 aliphatic heterocycles. The maximum Gasteiger partial charge on any atom is 0.293 e. The van der Waals surface area contributed by atoms with Crippen molar-refractivity contribution in [3.05, 3.63) is 35.9 Å². The zero-order valence-electron chi connectivity index (χ0n) is 12.0. The molecule has 1 aromatic carbocycles. The number of nitriles is 2. The third-order valence-corrected chi connectivity index (χ3v) is 5.49. The molecule has 6 nitrogen and oxygen atoms in total. The molecule has 1 spiro atoms. The highest BCUT2D eigenvalue weighted by Crippen LogP contribution is 2.85. The third kappa shape index (κ3) is 0.945. The van der Waals surface area contributed by atoms with Crippen LogP contribution in [0.3, 0.4) is 0 Å². The lowest BCUT2D eigenvalue weighted by Crippen LogP contribution is -2.42. The molecular formula is C16H14N4O2. The molecule has 0 aromatic heterocycles. The molecule has 2 fully saturated rings. The van der Waals surface area contributed by atoms with Crippen molar-refractivity contribution >= 4 is 5.84 Å². The average Bonchev–Trinajstić information content (AvgIpc) is 2.83. The molecule has 110 valence electrons. The molecule has 1 saturated carbocycles. The van der Waals surface area contributed by atoms with Gasteiger partial charge in [-0.15, -0.1) is 0 Å². The van der Waals surface area contributed by atoms with Crippen molar-refractivity contribution in [3.8, 4) is 12.1 Å². The second-order valence-electron chi connectivity index (χ2n) is 5.99. The monoisotopic (exact) mass is 294 g/mol. The number of nitrogens with zero attached hydrogens (tertiary/aromatic N) is 3. The fourth-order valence-corrected chi connectivity index (χ4v) is 4.45. The van der Waals surface area contributed by atoms with E-state index in [1.165, 1.54) is 0 Å².